The van der Waals surface area contributed by atoms with Gasteiger partial charge in [-0.3, -0.25) is 0 Å². The molecule has 0 radical (unpaired) electrons. The van der Waals surface area contributed by atoms with Crippen LogP contribution in [0.3, 0.4) is 0 Å². The summed E-state index contributed by atoms with van der Waals surface area (Å²) >= 11 is 0. The molecule has 1 aliphatic rings. The van der Waals surface area contributed by atoms with Crippen LogP contribution in [-0.4, -0.2) is 26.7 Å². The molecule has 2 aromatic rings. The fourth-order valence-electron chi connectivity index (χ4n) is 2.40. The molecule has 1 unspecified atom stereocenters. The SMILES string of the molecule is CCc1nc(C2CCCN2c2nccc(C)n2)no1. The summed E-state index contributed by atoms with van der Waals surface area (Å²) in [5.41, 5.74) is 0.970. The lowest BCUT2D eigenvalue weighted by Gasteiger charge is -2.21. The fourth-order valence-corrected chi connectivity index (χ4v) is 2.40. The van der Waals surface area contributed by atoms with E-state index in [-0.39, 0.29) is 6.04 Å². The molecule has 1 fully saturated rings. The topological polar surface area (TPSA) is 67.9 Å². The molecule has 6 heteroatoms. The van der Waals surface area contributed by atoms with Crippen LogP contribution in [0.25, 0.3) is 0 Å². The second-order valence-corrected chi connectivity index (χ2v) is 4.75. The Morgan fingerprint density at radius 1 is 1.42 bits per heavy atom. The van der Waals surface area contributed by atoms with Gasteiger partial charge in [-0.2, -0.15) is 4.98 Å². The summed E-state index contributed by atoms with van der Waals surface area (Å²) in [6.07, 6.45) is 4.67. The van der Waals surface area contributed by atoms with E-state index in [1.807, 2.05) is 19.9 Å². The number of nitrogens with zero attached hydrogens (tertiary/aromatic N) is 5. The molecule has 0 spiro atoms. The van der Waals surface area contributed by atoms with Gasteiger partial charge in [-0.15, -0.1) is 0 Å². The molecule has 3 rings (SSSR count). The molecule has 0 saturated carbocycles. The Bertz CT molecular complexity index is 568. The molecule has 0 bridgehead atoms. The van der Waals surface area contributed by atoms with Crippen molar-refractivity contribution in [3.63, 3.8) is 0 Å². The van der Waals surface area contributed by atoms with E-state index in [0.29, 0.717) is 5.89 Å². The normalized spacial score (nSPS) is 19.1. The largest absolute Gasteiger partial charge is 0.339 e. The van der Waals surface area contributed by atoms with Gasteiger partial charge in [-0.05, 0) is 25.8 Å². The highest BCUT2D eigenvalue weighted by Gasteiger charge is 2.31. The van der Waals surface area contributed by atoms with Crippen molar-refractivity contribution in [1.29, 1.82) is 0 Å². The van der Waals surface area contributed by atoms with Crippen LogP contribution in [0.1, 0.15) is 43.2 Å². The Kier molecular flexibility index (Phi) is 3.15. The first-order valence-corrected chi connectivity index (χ1v) is 6.66. The zero-order valence-electron chi connectivity index (χ0n) is 11.2. The third kappa shape index (κ3) is 2.30. The maximum atomic E-state index is 5.21. The highest BCUT2D eigenvalue weighted by molar-refractivity contribution is 5.35. The predicted octanol–water partition coefficient (Wildman–Crippen LogP) is 2.07. The van der Waals surface area contributed by atoms with Gasteiger partial charge in [0.05, 0.1) is 6.04 Å². The quantitative estimate of drug-likeness (QED) is 0.840. The van der Waals surface area contributed by atoms with Crippen molar-refractivity contribution in [1.82, 2.24) is 20.1 Å². The van der Waals surface area contributed by atoms with Gasteiger partial charge < -0.3 is 9.42 Å². The van der Waals surface area contributed by atoms with Crippen LogP contribution in [0.2, 0.25) is 0 Å². The van der Waals surface area contributed by atoms with Crippen LogP contribution >= 0.6 is 0 Å². The fraction of sp³-hybridized carbons (Fsp3) is 0.538. The Morgan fingerprint density at radius 2 is 2.32 bits per heavy atom. The van der Waals surface area contributed by atoms with E-state index in [4.69, 9.17) is 4.52 Å². The lowest BCUT2D eigenvalue weighted by molar-refractivity contribution is 0.373. The minimum atomic E-state index is 0.130. The average molecular weight is 259 g/mol. The Labute approximate surface area is 111 Å². The highest BCUT2D eigenvalue weighted by Crippen LogP contribution is 2.32. The summed E-state index contributed by atoms with van der Waals surface area (Å²) in [5, 5.41) is 4.08. The standard InChI is InChI=1S/C13H17N5O/c1-3-11-16-12(17-19-11)10-5-4-8-18(10)13-14-7-6-9(2)15-13/h6-7,10H,3-5,8H2,1-2H3. The first-order chi connectivity index (χ1) is 9.28. The molecule has 3 heterocycles. The Hall–Kier alpha value is -1.98. The van der Waals surface area contributed by atoms with Crippen molar-refractivity contribution in [2.24, 2.45) is 0 Å². The number of rotatable bonds is 3. The first-order valence-electron chi connectivity index (χ1n) is 6.66. The van der Waals surface area contributed by atoms with E-state index in [9.17, 15) is 0 Å². The van der Waals surface area contributed by atoms with Crippen molar-refractivity contribution in [2.45, 2.75) is 39.2 Å². The monoisotopic (exact) mass is 259 g/mol. The van der Waals surface area contributed by atoms with E-state index in [2.05, 4.69) is 25.0 Å². The zero-order valence-corrected chi connectivity index (χ0v) is 11.2. The van der Waals surface area contributed by atoms with Gasteiger partial charge in [0.2, 0.25) is 11.8 Å². The van der Waals surface area contributed by atoms with E-state index in [0.717, 1.165) is 43.3 Å². The molecule has 1 saturated heterocycles. The molecule has 1 aliphatic heterocycles. The molecular formula is C13H17N5O. The average Bonchev–Trinajstić information content (AvgIpc) is 3.07. The van der Waals surface area contributed by atoms with E-state index in [1.54, 1.807) is 6.20 Å². The van der Waals surface area contributed by atoms with Crippen molar-refractivity contribution in [2.75, 3.05) is 11.4 Å². The third-order valence-electron chi connectivity index (χ3n) is 3.38. The van der Waals surface area contributed by atoms with Crippen molar-refractivity contribution in [3.05, 3.63) is 29.7 Å². The van der Waals surface area contributed by atoms with Gasteiger partial charge in [0.1, 0.15) is 0 Å². The number of anilines is 1. The van der Waals surface area contributed by atoms with E-state index < -0.39 is 0 Å². The first kappa shape index (κ1) is 12.1. The Balaban J connectivity index is 1.89. The van der Waals surface area contributed by atoms with E-state index >= 15 is 0 Å². The second kappa shape index (κ2) is 4.95. The molecule has 100 valence electrons. The van der Waals surface area contributed by atoms with Gasteiger partial charge in [-0.25, -0.2) is 9.97 Å². The van der Waals surface area contributed by atoms with Gasteiger partial charge in [0.15, 0.2) is 5.82 Å². The molecule has 6 nitrogen and oxygen atoms in total. The molecule has 0 aromatic carbocycles. The van der Waals surface area contributed by atoms with Crippen LogP contribution in [0, 0.1) is 6.92 Å². The minimum Gasteiger partial charge on any atom is -0.339 e. The van der Waals surface area contributed by atoms with Crippen LogP contribution in [0.15, 0.2) is 16.8 Å². The number of hydrogen-bond acceptors (Lipinski definition) is 6. The molecule has 2 aromatic heterocycles. The van der Waals surface area contributed by atoms with Crippen molar-refractivity contribution < 1.29 is 4.52 Å². The highest BCUT2D eigenvalue weighted by atomic mass is 16.5. The van der Waals surface area contributed by atoms with Crippen LogP contribution in [-0.2, 0) is 6.42 Å². The number of aromatic nitrogens is 4. The maximum absolute atomic E-state index is 5.21. The predicted molar refractivity (Wildman–Crippen MR) is 69.8 cm³/mol. The lowest BCUT2D eigenvalue weighted by atomic mass is 10.2. The second-order valence-electron chi connectivity index (χ2n) is 4.75. The smallest absolute Gasteiger partial charge is 0.226 e. The summed E-state index contributed by atoms with van der Waals surface area (Å²) in [6, 6.07) is 2.03. The molecule has 1 atom stereocenters. The van der Waals surface area contributed by atoms with Crippen molar-refractivity contribution in [3.8, 4) is 0 Å². The Morgan fingerprint density at radius 3 is 3.05 bits per heavy atom. The van der Waals surface area contributed by atoms with Gasteiger partial charge in [0, 0.05) is 24.9 Å². The summed E-state index contributed by atoms with van der Waals surface area (Å²) in [7, 11) is 0. The maximum Gasteiger partial charge on any atom is 0.226 e. The van der Waals surface area contributed by atoms with Gasteiger partial charge in [-0.1, -0.05) is 12.1 Å². The number of hydrogen-bond donors (Lipinski definition) is 0. The lowest BCUT2D eigenvalue weighted by Crippen LogP contribution is -2.25. The summed E-state index contributed by atoms with van der Waals surface area (Å²) in [6.45, 7) is 4.91. The minimum absolute atomic E-state index is 0.130. The molecule has 0 amide bonds. The third-order valence-corrected chi connectivity index (χ3v) is 3.38. The van der Waals surface area contributed by atoms with Gasteiger partial charge >= 0.3 is 0 Å². The summed E-state index contributed by atoms with van der Waals surface area (Å²) in [4.78, 5) is 15.4. The summed E-state index contributed by atoms with van der Waals surface area (Å²) in [5.74, 6) is 2.19. The molecule has 19 heavy (non-hydrogen) atoms. The van der Waals surface area contributed by atoms with Crippen LogP contribution < -0.4 is 4.90 Å². The van der Waals surface area contributed by atoms with Gasteiger partial charge in [0.25, 0.3) is 0 Å². The van der Waals surface area contributed by atoms with Crippen molar-refractivity contribution >= 4 is 5.95 Å². The summed E-state index contributed by atoms with van der Waals surface area (Å²) < 4.78 is 5.21. The molecule has 0 aliphatic carbocycles. The number of aryl methyl sites for hydroxylation is 2. The van der Waals surface area contributed by atoms with E-state index in [1.165, 1.54) is 0 Å². The van der Waals surface area contributed by atoms with Crippen LogP contribution in [0.4, 0.5) is 5.95 Å². The zero-order chi connectivity index (χ0) is 13.2. The molecular weight excluding hydrogens is 242 g/mol. The molecule has 0 N–H and O–H groups in total. The van der Waals surface area contributed by atoms with Crippen LogP contribution in [0.5, 0.6) is 0 Å².